The minimum Gasteiger partial charge on any atom is -0.497 e. The van der Waals surface area contributed by atoms with Crippen molar-refractivity contribution in [2.24, 2.45) is 0 Å². The van der Waals surface area contributed by atoms with Gasteiger partial charge in [0.1, 0.15) is 17.9 Å². The third-order valence-corrected chi connectivity index (χ3v) is 2.47. The van der Waals surface area contributed by atoms with Gasteiger partial charge in [0.2, 0.25) is 5.89 Å². The SMILES string of the molecule is COc1ccc(OCCc2noc(CC(=O)O)n2)cc1. The van der Waals surface area contributed by atoms with Crippen LogP contribution in [0, 0.1) is 0 Å². The van der Waals surface area contributed by atoms with Crippen molar-refractivity contribution in [1.82, 2.24) is 10.1 Å². The lowest BCUT2D eigenvalue weighted by molar-refractivity contribution is -0.136. The molecule has 0 aliphatic heterocycles. The first-order chi connectivity index (χ1) is 9.67. The first kappa shape index (κ1) is 13.9. The summed E-state index contributed by atoms with van der Waals surface area (Å²) in [6.07, 6.45) is 0.168. The molecule has 0 aliphatic carbocycles. The number of aliphatic carboxylic acids is 1. The van der Waals surface area contributed by atoms with Crippen LogP contribution in [-0.2, 0) is 17.6 Å². The minimum absolute atomic E-state index is 0.0944. The Morgan fingerprint density at radius 2 is 2.00 bits per heavy atom. The van der Waals surface area contributed by atoms with Gasteiger partial charge in [0.15, 0.2) is 5.82 Å². The highest BCUT2D eigenvalue weighted by molar-refractivity contribution is 5.68. The molecular formula is C13H14N2O5. The van der Waals surface area contributed by atoms with E-state index in [1.54, 1.807) is 31.4 Å². The Hall–Kier alpha value is -2.57. The highest BCUT2D eigenvalue weighted by Gasteiger charge is 2.10. The number of aromatic nitrogens is 2. The molecule has 1 heterocycles. The van der Waals surface area contributed by atoms with E-state index in [9.17, 15) is 4.79 Å². The molecular weight excluding hydrogens is 264 g/mol. The molecule has 7 heteroatoms. The second-order valence-electron chi connectivity index (χ2n) is 3.95. The maximum atomic E-state index is 10.5. The number of carboxylic acids is 1. The zero-order chi connectivity index (χ0) is 14.4. The van der Waals surface area contributed by atoms with Crippen molar-refractivity contribution in [2.75, 3.05) is 13.7 Å². The largest absolute Gasteiger partial charge is 0.497 e. The molecule has 0 atom stereocenters. The van der Waals surface area contributed by atoms with Crippen LogP contribution in [0.4, 0.5) is 0 Å². The fourth-order valence-electron chi connectivity index (χ4n) is 1.52. The number of nitrogens with zero attached hydrogens (tertiary/aromatic N) is 2. The van der Waals surface area contributed by atoms with Gasteiger partial charge in [-0.3, -0.25) is 4.79 Å². The van der Waals surface area contributed by atoms with Crippen molar-refractivity contribution >= 4 is 5.97 Å². The molecule has 1 N–H and O–H groups in total. The number of hydrogen-bond donors (Lipinski definition) is 1. The van der Waals surface area contributed by atoms with Gasteiger partial charge in [0.05, 0.1) is 13.7 Å². The molecule has 106 valence electrons. The van der Waals surface area contributed by atoms with Crippen LogP contribution in [0.3, 0.4) is 0 Å². The van der Waals surface area contributed by atoms with E-state index in [1.807, 2.05) is 0 Å². The predicted molar refractivity (Wildman–Crippen MR) is 67.8 cm³/mol. The quantitative estimate of drug-likeness (QED) is 0.816. The summed E-state index contributed by atoms with van der Waals surface area (Å²) in [6, 6.07) is 7.19. The molecule has 0 amide bonds. The fraction of sp³-hybridized carbons (Fsp3) is 0.308. The highest BCUT2D eigenvalue weighted by Crippen LogP contribution is 2.17. The van der Waals surface area contributed by atoms with Gasteiger partial charge < -0.3 is 19.1 Å². The number of ether oxygens (including phenoxy) is 2. The summed E-state index contributed by atoms with van der Waals surface area (Å²) in [5.74, 6) is 0.982. The zero-order valence-corrected chi connectivity index (χ0v) is 10.9. The molecule has 0 saturated heterocycles. The third kappa shape index (κ3) is 3.98. The summed E-state index contributed by atoms with van der Waals surface area (Å²) in [4.78, 5) is 14.4. The van der Waals surface area contributed by atoms with Crippen LogP contribution < -0.4 is 9.47 Å². The maximum Gasteiger partial charge on any atom is 0.312 e. The van der Waals surface area contributed by atoms with Crippen molar-refractivity contribution in [3.63, 3.8) is 0 Å². The van der Waals surface area contributed by atoms with Crippen LogP contribution in [0.5, 0.6) is 11.5 Å². The Bertz CT molecular complexity index is 564. The van der Waals surface area contributed by atoms with Gasteiger partial charge in [-0.2, -0.15) is 4.98 Å². The van der Waals surface area contributed by atoms with E-state index in [0.29, 0.717) is 24.6 Å². The standard InChI is InChI=1S/C13H14N2O5/c1-18-9-2-4-10(5-3-9)19-7-6-11-14-12(20-15-11)8-13(16)17/h2-5H,6-8H2,1H3,(H,16,17). The molecule has 2 rings (SSSR count). The van der Waals surface area contributed by atoms with E-state index in [1.165, 1.54) is 0 Å². The molecule has 0 fully saturated rings. The summed E-state index contributed by atoms with van der Waals surface area (Å²) in [6.45, 7) is 0.373. The van der Waals surface area contributed by atoms with Crippen molar-refractivity contribution in [3.8, 4) is 11.5 Å². The van der Waals surface area contributed by atoms with Gasteiger partial charge >= 0.3 is 5.97 Å². The number of carbonyl (C=O) groups is 1. The third-order valence-electron chi connectivity index (χ3n) is 2.47. The molecule has 1 aromatic heterocycles. The number of hydrogen-bond acceptors (Lipinski definition) is 6. The predicted octanol–water partition coefficient (Wildman–Crippen LogP) is 1.33. The van der Waals surface area contributed by atoms with Gasteiger partial charge in [-0.1, -0.05) is 5.16 Å². The van der Waals surface area contributed by atoms with Gasteiger partial charge in [-0.05, 0) is 24.3 Å². The number of carboxylic acid groups (broad SMARTS) is 1. The summed E-state index contributed by atoms with van der Waals surface area (Å²) in [7, 11) is 1.60. The molecule has 1 aromatic carbocycles. The molecule has 0 bridgehead atoms. The van der Waals surface area contributed by atoms with Crippen molar-refractivity contribution < 1.29 is 23.9 Å². The smallest absolute Gasteiger partial charge is 0.312 e. The summed E-state index contributed by atoms with van der Waals surface area (Å²) >= 11 is 0. The van der Waals surface area contributed by atoms with Gasteiger partial charge in [0, 0.05) is 6.42 Å². The van der Waals surface area contributed by atoms with Crippen molar-refractivity contribution in [2.45, 2.75) is 12.8 Å². The molecule has 0 spiro atoms. The van der Waals surface area contributed by atoms with Crippen LogP contribution in [0.15, 0.2) is 28.8 Å². The molecule has 0 saturated carbocycles. The Kier molecular flexibility index (Phi) is 4.54. The Morgan fingerprint density at radius 3 is 2.65 bits per heavy atom. The van der Waals surface area contributed by atoms with E-state index in [-0.39, 0.29) is 12.3 Å². The van der Waals surface area contributed by atoms with Crippen LogP contribution in [0.1, 0.15) is 11.7 Å². The van der Waals surface area contributed by atoms with Gasteiger partial charge in [-0.15, -0.1) is 0 Å². The van der Waals surface area contributed by atoms with Crippen molar-refractivity contribution in [1.29, 1.82) is 0 Å². The van der Waals surface area contributed by atoms with Gasteiger partial charge in [0.25, 0.3) is 0 Å². The summed E-state index contributed by atoms with van der Waals surface area (Å²) in [5, 5.41) is 12.3. The highest BCUT2D eigenvalue weighted by atomic mass is 16.5. The van der Waals surface area contributed by atoms with E-state index in [4.69, 9.17) is 19.1 Å². The lowest BCUT2D eigenvalue weighted by atomic mass is 10.3. The normalized spacial score (nSPS) is 10.2. The number of methoxy groups -OCH3 is 1. The average molecular weight is 278 g/mol. The van der Waals surface area contributed by atoms with Crippen LogP contribution in [-0.4, -0.2) is 34.9 Å². The molecule has 0 radical (unpaired) electrons. The molecule has 7 nitrogen and oxygen atoms in total. The Balaban J connectivity index is 1.80. The second-order valence-corrected chi connectivity index (χ2v) is 3.95. The van der Waals surface area contributed by atoms with Crippen LogP contribution >= 0.6 is 0 Å². The average Bonchev–Trinajstić information content (AvgIpc) is 2.86. The van der Waals surface area contributed by atoms with Gasteiger partial charge in [-0.25, -0.2) is 0 Å². The van der Waals surface area contributed by atoms with Crippen molar-refractivity contribution in [3.05, 3.63) is 36.0 Å². The molecule has 2 aromatic rings. The Morgan fingerprint density at radius 1 is 1.30 bits per heavy atom. The molecule has 20 heavy (non-hydrogen) atoms. The fourth-order valence-corrected chi connectivity index (χ4v) is 1.52. The molecule has 0 aliphatic rings. The summed E-state index contributed by atoms with van der Waals surface area (Å²) in [5.41, 5.74) is 0. The van der Waals surface area contributed by atoms with E-state index in [0.717, 1.165) is 5.75 Å². The first-order valence-corrected chi connectivity index (χ1v) is 5.97. The molecule has 0 unspecified atom stereocenters. The minimum atomic E-state index is -1.00. The van der Waals surface area contributed by atoms with E-state index >= 15 is 0 Å². The second kappa shape index (κ2) is 6.55. The van der Waals surface area contributed by atoms with Crippen LogP contribution in [0.2, 0.25) is 0 Å². The lowest BCUT2D eigenvalue weighted by Gasteiger charge is -2.05. The van der Waals surface area contributed by atoms with E-state index < -0.39 is 5.97 Å². The van der Waals surface area contributed by atoms with Crippen LogP contribution in [0.25, 0.3) is 0 Å². The number of rotatable bonds is 7. The maximum absolute atomic E-state index is 10.5. The lowest BCUT2D eigenvalue weighted by Crippen LogP contribution is -2.04. The number of benzene rings is 1. The summed E-state index contributed by atoms with van der Waals surface area (Å²) < 4.78 is 15.3. The topological polar surface area (TPSA) is 94.7 Å². The zero-order valence-electron chi connectivity index (χ0n) is 10.9. The Labute approximate surface area is 115 Å². The van der Waals surface area contributed by atoms with E-state index in [2.05, 4.69) is 10.1 Å². The monoisotopic (exact) mass is 278 g/mol. The first-order valence-electron chi connectivity index (χ1n) is 5.97.